The minimum atomic E-state index is 0.317. The first-order valence-electron chi connectivity index (χ1n) is 9.30. The summed E-state index contributed by atoms with van der Waals surface area (Å²) in [4.78, 5) is 0. The summed E-state index contributed by atoms with van der Waals surface area (Å²) in [7, 11) is 0. The zero-order valence-corrected chi connectivity index (χ0v) is 16.8. The quantitative estimate of drug-likeness (QED) is 0.516. The van der Waals surface area contributed by atoms with E-state index in [0.717, 1.165) is 6.42 Å². The molecule has 2 unspecified atom stereocenters. The molecule has 128 valence electrons. The van der Waals surface area contributed by atoms with Crippen LogP contribution in [0.25, 0.3) is 0 Å². The van der Waals surface area contributed by atoms with Crippen LogP contribution < -0.4 is 0 Å². The van der Waals surface area contributed by atoms with Crippen molar-refractivity contribution < 1.29 is 0 Å². The van der Waals surface area contributed by atoms with Gasteiger partial charge in [0.2, 0.25) is 0 Å². The number of hydrogen-bond acceptors (Lipinski definition) is 0. The Morgan fingerprint density at radius 1 is 0.864 bits per heavy atom. The second kappa shape index (κ2) is 9.38. The van der Waals surface area contributed by atoms with E-state index in [4.69, 9.17) is 0 Å². The summed E-state index contributed by atoms with van der Waals surface area (Å²) in [6, 6.07) is 9.36. The average molecular weight is 305 g/mol. The molecule has 2 atom stereocenters. The molecule has 0 heteroatoms. The Kier molecular flexibility index (Phi) is 9.05. The van der Waals surface area contributed by atoms with Crippen molar-refractivity contribution in [3.8, 4) is 0 Å². The number of benzene rings is 1. The molecule has 0 nitrogen and oxygen atoms in total. The van der Waals surface area contributed by atoms with Gasteiger partial charge in [-0.15, -0.1) is 0 Å². The molecule has 0 saturated carbocycles. The molecule has 0 radical (unpaired) electrons. The highest BCUT2D eigenvalue weighted by Crippen LogP contribution is 2.47. The van der Waals surface area contributed by atoms with Gasteiger partial charge < -0.3 is 0 Å². The summed E-state index contributed by atoms with van der Waals surface area (Å²) >= 11 is 0. The van der Waals surface area contributed by atoms with Gasteiger partial charge in [0.05, 0.1) is 0 Å². The lowest BCUT2D eigenvalue weighted by Gasteiger charge is -2.43. The number of rotatable bonds is 6. The van der Waals surface area contributed by atoms with Crippen LogP contribution in [0.2, 0.25) is 0 Å². The Balaban J connectivity index is 0.00000211. The van der Waals surface area contributed by atoms with Gasteiger partial charge in [0, 0.05) is 0 Å². The number of aryl methyl sites for hydroxylation is 1. The van der Waals surface area contributed by atoms with Gasteiger partial charge in [0.1, 0.15) is 0 Å². The molecule has 0 spiro atoms. The molecule has 0 heterocycles. The largest absolute Gasteiger partial charge is 0.0683 e. The van der Waals surface area contributed by atoms with Crippen LogP contribution in [0.1, 0.15) is 86.3 Å². The molecule has 0 amide bonds. The van der Waals surface area contributed by atoms with Crippen LogP contribution in [0.15, 0.2) is 24.3 Å². The highest BCUT2D eigenvalue weighted by molar-refractivity contribution is 5.27. The van der Waals surface area contributed by atoms with Crippen LogP contribution in [-0.4, -0.2) is 0 Å². The lowest BCUT2D eigenvalue weighted by Crippen LogP contribution is -2.34. The molecular weight excluding hydrogens is 264 g/mol. The van der Waals surface area contributed by atoms with Crippen molar-refractivity contribution in [3.05, 3.63) is 35.4 Å². The second-order valence-electron chi connectivity index (χ2n) is 7.65. The van der Waals surface area contributed by atoms with E-state index >= 15 is 0 Å². The topological polar surface area (TPSA) is 0 Å². The average Bonchev–Trinajstić information content (AvgIpc) is 2.49. The smallest absolute Gasteiger partial charge is 0.00800 e. The van der Waals surface area contributed by atoms with E-state index in [0.29, 0.717) is 29.1 Å². The highest BCUT2D eigenvalue weighted by Gasteiger charge is 2.38. The molecule has 0 aliphatic rings. The van der Waals surface area contributed by atoms with E-state index in [-0.39, 0.29) is 0 Å². The predicted molar refractivity (Wildman–Crippen MR) is 103 cm³/mol. The molecule has 22 heavy (non-hydrogen) atoms. The summed E-state index contributed by atoms with van der Waals surface area (Å²) in [6.07, 6.45) is 1.12. The maximum Gasteiger partial charge on any atom is -0.00800 e. The van der Waals surface area contributed by atoms with E-state index in [9.17, 15) is 0 Å². The van der Waals surface area contributed by atoms with Gasteiger partial charge in [0.25, 0.3) is 0 Å². The molecule has 0 saturated heterocycles. The Labute approximate surface area is 140 Å². The summed E-state index contributed by atoms with van der Waals surface area (Å²) in [6.45, 7) is 23.0. The van der Waals surface area contributed by atoms with E-state index in [1.807, 2.05) is 13.8 Å². The van der Waals surface area contributed by atoms with Gasteiger partial charge in [-0.2, -0.15) is 0 Å². The minimum Gasteiger partial charge on any atom is -0.0683 e. The molecule has 1 rings (SSSR count). The fourth-order valence-corrected chi connectivity index (χ4v) is 3.12. The monoisotopic (exact) mass is 304 g/mol. The van der Waals surface area contributed by atoms with Gasteiger partial charge in [-0.3, -0.25) is 0 Å². The minimum absolute atomic E-state index is 0.317. The Morgan fingerprint density at radius 3 is 1.64 bits per heavy atom. The van der Waals surface area contributed by atoms with Crippen molar-refractivity contribution in [1.82, 2.24) is 0 Å². The summed E-state index contributed by atoms with van der Waals surface area (Å²) in [5, 5.41) is 0. The van der Waals surface area contributed by atoms with Crippen LogP contribution in [-0.2, 0) is 6.42 Å². The fourth-order valence-electron chi connectivity index (χ4n) is 3.12. The maximum absolute atomic E-state index is 2.44. The summed E-state index contributed by atoms with van der Waals surface area (Å²) < 4.78 is 0. The van der Waals surface area contributed by atoms with Crippen LogP contribution in [0.3, 0.4) is 0 Å². The third kappa shape index (κ3) is 5.14. The van der Waals surface area contributed by atoms with Gasteiger partial charge >= 0.3 is 0 Å². The van der Waals surface area contributed by atoms with Crippen molar-refractivity contribution in [2.24, 2.45) is 23.2 Å². The normalized spacial score (nSPS) is 14.5. The van der Waals surface area contributed by atoms with Crippen LogP contribution in [0, 0.1) is 23.2 Å². The molecular formula is C22H40. The van der Waals surface area contributed by atoms with E-state index in [2.05, 4.69) is 79.7 Å². The first kappa shape index (κ1) is 21.2. The molecule has 0 aromatic heterocycles. The third-order valence-electron chi connectivity index (χ3n) is 5.61. The van der Waals surface area contributed by atoms with E-state index in [1.165, 1.54) is 11.1 Å². The Morgan fingerprint density at radius 2 is 1.32 bits per heavy atom. The van der Waals surface area contributed by atoms with E-state index in [1.54, 1.807) is 0 Å². The molecule has 0 N–H and O–H groups in total. The van der Waals surface area contributed by atoms with E-state index < -0.39 is 0 Å². The second-order valence-corrected chi connectivity index (χ2v) is 7.65. The van der Waals surface area contributed by atoms with Crippen molar-refractivity contribution in [1.29, 1.82) is 0 Å². The summed E-state index contributed by atoms with van der Waals surface area (Å²) in [5.41, 5.74) is 3.27. The molecule has 0 aliphatic heterocycles. The standard InChI is InChI=1S/C20H34.C2H6/c1-9-17-10-12-18(13-11-17)19(16(6)14(2)3)20(7,8)15(4)5;1-2/h10-16,19H,9H2,1-8H3;1-2H3. The lowest BCUT2D eigenvalue weighted by atomic mass is 9.61. The predicted octanol–water partition coefficient (Wildman–Crippen LogP) is 7.33. The highest BCUT2D eigenvalue weighted by atomic mass is 14.4. The third-order valence-corrected chi connectivity index (χ3v) is 5.61. The number of hydrogen-bond donors (Lipinski definition) is 0. The first-order valence-corrected chi connectivity index (χ1v) is 9.30. The van der Waals surface area contributed by atoms with Gasteiger partial charge in [0.15, 0.2) is 0 Å². The Hall–Kier alpha value is -0.780. The zero-order valence-electron chi connectivity index (χ0n) is 16.8. The Bertz CT molecular complexity index is 395. The van der Waals surface area contributed by atoms with Gasteiger partial charge in [-0.05, 0) is 46.6 Å². The molecule has 0 fully saturated rings. The molecule has 0 aliphatic carbocycles. The maximum atomic E-state index is 2.44. The SMILES string of the molecule is CC.CCc1ccc(C(C(C)C(C)C)C(C)(C)C(C)C)cc1. The lowest BCUT2D eigenvalue weighted by molar-refractivity contribution is 0.129. The molecule has 1 aromatic rings. The van der Waals surface area contributed by atoms with Crippen LogP contribution >= 0.6 is 0 Å². The van der Waals surface area contributed by atoms with Crippen molar-refractivity contribution in [2.45, 2.75) is 81.6 Å². The zero-order chi connectivity index (χ0) is 17.5. The molecule has 0 bridgehead atoms. The van der Waals surface area contributed by atoms with Crippen molar-refractivity contribution in [3.63, 3.8) is 0 Å². The van der Waals surface area contributed by atoms with Gasteiger partial charge in [-0.1, -0.05) is 93.5 Å². The first-order chi connectivity index (χ1) is 10.2. The van der Waals surface area contributed by atoms with Crippen LogP contribution in [0.4, 0.5) is 0 Å². The van der Waals surface area contributed by atoms with Crippen molar-refractivity contribution in [2.75, 3.05) is 0 Å². The van der Waals surface area contributed by atoms with Gasteiger partial charge in [-0.25, -0.2) is 0 Å². The van der Waals surface area contributed by atoms with Crippen molar-refractivity contribution >= 4 is 0 Å². The molecule has 1 aromatic carbocycles. The fraction of sp³-hybridized carbons (Fsp3) is 0.727. The van der Waals surface area contributed by atoms with Crippen LogP contribution in [0.5, 0.6) is 0 Å². The summed E-state index contributed by atoms with van der Waals surface area (Å²) in [5.74, 6) is 2.71.